The average molecular weight is 706 g/mol. The number of anilines is 1. The third kappa shape index (κ3) is 7.04. The average Bonchev–Trinajstić information content (AvgIpc) is 3.26. The zero-order valence-electron chi connectivity index (χ0n) is 30.4. The lowest BCUT2D eigenvalue weighted by molar-refractivity contribution is 1.04. The molecule has 0 radical (unpaired) electrons. The van der Waals surface area contributed by atoms with Crippen LogP contribution in [0.4, 0.5) is 11.4 Å². The van der Waals surface area contributed by atoms with Crippen LogP contribution in [0, 0.1) is 0 Å². The predicted molar refractivity (Wildman–Crippen MR) is 234 cm³/mol. The quantitative estimate of drug-likeness (QED) is 0.0906. The molecule has 0 amide bonds. The Morgan fingerprint density at radius 1 is 0.436 bits per heavy atom. The molecule has 1 aliphatic carbocycles. The lowest BCUT2D eigenvalue weighted by Crippen LogP contribution is -2.06. The van der Waals surface area contributed by atoms with Crippen molar-refractivity contribution in [3.8, 4) is 11.1 Å². The van der Waals surface area contributed by atoms with Gasteiger partial charge in [0.2, 0.25) is 0 Å². The Hall–Kier alpha value is -7.10. The van der Waals surface area contributed by atoms with Crippen molar-refractivity contribution in [1.29, 1.82) is 0 Å². The minimum atomic E-state index is 0.890. The van der Waals surface area contributed by atoms with E-state index in [-0.39, 0.29) is 0 Å². The summed E-state index contributed by atoms with van der Waals surface area (Å²) < 4.78 is 0. The van der Waals surface area contributed by atoms with E-state index in [4.69, 9.17) is 10.1 Å². The third-order valence-corrected chi connectivity index (χ3v) is 10.2. The highest BCUT2D eigenvalue weighted by atomic mass is 15.3. The fourth-order valence-corrected chi connectivity index (χ4v) is 7.61. The van der Waals surface area contributed by atoms with Gasteiger partial charge in [-0.2, -0.15) is 5.10 Å². The Morgan fingerprint density at radius 2 is 0.945 bits per heavy atom. The molecular weight excluding hydrogens is 667 g/mol. The summed E-state index contributed by atoms with van der Waals surface area (Å²) in [6.07, 6.45) is 9.02. The highest BCUT2D eigenvalue weighted by Gasteiger charge is 2.19. The molecule has 0 saturated carbocycles. The maximum absolute atomic E-state index is 5.37. The lowest BCUT2D eigenvalue weighted by atomic mass is 9.84. The first-order chi connectivity index (χ1) is 27.3. The summed E-state index contributed by atoms with van der Waals surface area (Å²) in [5.74, 6) is 0. The number of nitrogens with one attached hydrogen (secondary N) is 1. The number of benzene rings is 8. The van der Waals surface area contributed by atoms with Crippen molar-refractivity contribution >= 4 is 49.9 Å². The van der Waals surface area contributed by atoms with Gasteiger partial charge in [0.1, 0.15) is 0 Å². The van der Waals surface area contributed by atoms with Gasteiger partial charge in [-0.05, 0) is 80.9 Å². The number of hydrazone groups is 1. The zero-order chi connectivity index (χ0) is 36.8. The number of hydrogen-bond acceptors (Lipinski definition) is 3. The van der Waals surface area contributed by atoms with E-state index in [2.05, 4.69) is 187 Å². The van der Waals surface area contributed by atoms with Gasteiger partial charge in [-0.25, -0.2) is 4.99 Å². The summed E-state index contributed by atoms with van der Waals surface area (Å²) in [4.78, 5) is 5.37. The molecule has 0 atom stereocenters. The highest BCUT2D eigenvalue weighted by molar-refractivity contribution is 6.21. The van der Waals surface area contributed by atoms with E-state index in [9.17, 15) is 0 Å². The van der Waals surface area contributed by atoms with Crippen molar-refractivity contribution in [2.75, 3.05) is 5.43 Å². The maximum atomic E-state index is 5.37. The molecule has 0 aliphatic heterocycles. The molecule has 0 aromatic heterocycles. The van der Waals surface area contributed by atoms with Crippen molar-refractivity contribution in [1.82, 2.24) is 0 Å². The molecule has 55 heavy (non-hydrogen) atoms. The fourth-order valence-electron chi connectivity index (χ4n) is 7.61. The first kappa shape index (κ1) is 33.7. The second-order valence-electron chi connectivity index (χ2n) is 13.7. The Balaban J connectivity index is 1.27. The maximum Gasteiger partial charge on any atom is 0.0977 e. The van der Waals surface area contributed by atoms with E-state index >= 15 is 0 Å². The molecule has 0 spiro atoms. The molecular formula is C52H39N3. The molecule has 0 fully saturated rings. The molecule has 1 aliphatic rings. The van der Waals surface area contributed by atoms with Gasteiger partial charge in [0.05, 0.1) is 22.8 Å². The first-order valence-corrected chi connectivity index (χ1v) is 18.9. The highest BCUT2D eigenvalue weighted by Crippen LogP contribution is 2.45. The van der Waals surface area contributed by atoms with Crippen molar-refractivity contribution in [3.05, 3.63) is 234 Å². The van der Waals surface area contributed by atoms with Gasteiger partial charge in [-0.1, -0.05) is 182 Å². The van der Waals surface area contributed by atoms with E-state index in [0.717, 1.165) is 57.9 Å². The van der Waals surface area contributed by atoms with Crippen LogP contribution < -0.4 is 5.43 Å². The summed E-state index contributed by atoms with van der Waals surface area (Å²) in [7, 11) is 0. The number of aliphatic imine (C=N–C) groups is 1. The fraction of sp³-hybridized carbons (Fsp3) is 0.0385. The van der Waals surface area contributed by atoms with Crippen LogP contribution in [0.5, 0.6) is 0 Å². The monoisotopic (exact) mass is 705 g/mol. The second-order valence-corrected chi connectivity index (χ2v) is 13.7. The molecule has 0 unspecified atom stereocenters. The number of nitrogens with zero attached hydrogens (tertiary/aromatic N) is 2. The molecule has 262 valence electrons. The number of fused-ring (bicyclic) bond motifs is 2. The van der Waals surface area contributed by atoms with Crippen LogP contribution >= 0.6 is 0 Å². The van der Waals surface area contributed by atoms with Crippen molar-refractivity contribution in [3.63, 3.8) is 0 Å². The standard InChI is InChI=1S/C52H39N3/c1-7-19-37(20-8-1)49-46-34-32-44(54-55-52(41-27-15-5-16-28-41)42-29-17-6-18-30-42)36-48(46)50(38-21-9-2-10-22-38)45-33-31-43(35-47(45)49)53-51(39-23-11-3-12-24-39)40-25-13-4-14-26-40/h1,3-9,11-36,54H,2,10H2. The molecule has 0 bridgehead atoms. The van der Waals surface area contributed by atoms with E-state index in [1.54, 1.807) is 0 Å². The lowest BCUT2D eigenvalue weighted by Gasteiger charge is -2.20. The van der Waals surface area contributed by atoms with Crippen LogP contribution in [0.25, 0.3) is 38.2 Å². The molecule has 0 saturated heterocycles. The Labute approximate surface area is 322 Å². The van der Waals surface area contributed by atoms with E-state index < -0.39 is 0 Å². The Kier molecular flexibility index (Phi) is 9.49. The minimum Gasteiger partial charge on any atom is -0.278 e. The van der Waals surface area contributed by atoms with E-state index in [1.807, 2.05) is 24.3 Å². The molecule has 8 aromatic rings. The van der Waals surface area contributed by atoms with Crippen LogP contribution in [-0.4, -0.2) is 11.4 Å². The normalized spacial score (nSPS) is 12.3. The van der Waals surface area contributed by atoms with Crippen molar-refractivity contribution in [2.24, 2.45) is 10.1 Å². The van der Waals surface area contributed by atoms with Gasteiger partial charge in [0.25, 0.3) is 0 Å². The number of allylic oxidation sites excluding steroid dienone is 4. The third-order valence-electron chi connectivity index (χ3n) is 10.2. The van der Waals surface area contributed by atoms with E-state index in [0.29, 0.717) is 0 Å². The summed E-state index contributed by atoms with van der Waals surface area (Å²) in [6, 6.07) is 65.8. The first-order valence-electron chi connectivity index (χ1n) is 18.9. The SMILES string of the molecule is C1=CC(c2c3cc(NN=C(c4ccccc4)c4ccccc4)ccc3c(-c3ccccc3)c3cc(N=C(c4ccccc4)c4ccccc4)ccc23)=CCC1. The Morgan fingerprint density at radius 3 is 1.51 bits per heavy atom. The minimum absolute atomic E-state index is 0.890. The summed E-state index contributed by atoms with van der Waals surface area (Å²) in [5, 5.41) is 9.76. The smallest absolute Gasteiger partial charge is 0.0977 e. The number of rotatable bonds is 9. The Bertz CT molecular complexity index is 2650. The molecule has 9 rings (SSSR count). The number of hydrogen-bond donors (Lipinski definition) is 1. The summed E-state index contributed by atoms with van der Waals surface area (Å²) >= 11 is 0. The molecule has 1 N–H and O–H groups in total. The second kappa shape index (κ2) is 15.5. The van der Waals surface area contributed by atoms with Crippen molar-refractivity contribution in [2.45, 2.75) is 12.8 Å². The van der Waals surface area contributed by atoms with Crippen LogP contribution in [0.15, 0.2) is 216 Å². The van der Waals surface area contributed by atoms with Crippen LogP contribution in [0.3, 0.4) is 0 Å². The topological polar surface area (TPSA) is 36.8 Å². The summed E-state index contributed by atoms with van der Waals surface area (Å²) in [6.45, 7) is 0. The van der Waals surface area contributed by atoms with Crippen LogP contribution in [-0.2, 0) is 0 Å². The van der Waals surface area contributed by atoms with Crippen molar-refractivity contribution < 1.29 is 0 Å². The molecule has 3 nitrogen and oxygen atoms in total. The van der Waals surface area contributed by atoms with Crippen LogP contribution in [0.1, 0.15) is 40.7 Å². The van der Waals surface area contributed by atoms with Gasteiger partial charge in [-0.15, -0.1) is 0 Å². The molecule has 8 aromatic carbocycles. The van der Waals surface area contributed by atoms with Gasteiger partial charge in [0, 0.05) is 22.3 Å². The summed E-state index contributed by atoms with van der Waals surface area (Å²) in [5.41, 5.74) is 16.2. The van der Waals surface area contributed by atoms with Gasteiger partial charge in [-0.3, -0.25) is 5.43 Å². The van der Waals surface area contributed by atoms with E-state index in [1.165, 1.54) is 43.8 Å². The zero-order valence-corrected chi connectivity index (χ0v) is 30.4. The van der Waals surface area contributed by atoms with Crippen LogP contribution in [0.2, 0.25) is 0 Å². The van der Waals surface area contributed by atoms with Gasteiger partial charge in [0.15, 0.2) is 0 Å². The molecule has 3 heteroatoms. The van der Waals surface area contributed by atoms with Gasteiger partial charge >= 0.3 is 0 Å². The predicted octanol–water partition coefficient (Wildman–Crippen LogP) is 13.4. The largest absolute Gasteiger partial charge is 0.278 e. The van der Waals surface area contributed by atoms with Gasteiger partial charge < -0.3 is 0 Å². The molecule has 0 heterocycles.